The summed E-state index contributed by atoms with van der Waals surface area (Å²) in [5.74, 6) is -2.31. The topological polar surface area (TPSA) is 133 Å². The molecular formula is C19H18ClF3N2O6S. The van der Waals surface area contributed by atoms with Crippen molar-refractivity contribution in [3.8, 4) is 0 Å². The van der Waals surface area contributed by atoms with Crippen molar-refractivity contribution in [3.05, 3.63) is 53.1 Å². The number of sulfone groups is 1. The van der Waals surface area contributed by atoms with Gasteiger partial charge in [-0.1, -0.05) is 11.6 Å². The van der Waals surface area contributed by atoms with E-state index >= 15 is 0 Å². The summed E-state index contributed by atoms with van der Waals surface area (Å²) in [7, 11) is -4.12. The third kappa shape index (κ3) is 5.38. The largest absolute Gasteiger partial charge is 0.426 e. The van der Waals surface area contributed by atoms with Gasteiger partial charge in [-0.3, -0.25) is 9.59 Å². The summed E-state index contributed by atoms with van der Waals surface area (Å²) < 4.78 is 63.9. The predicted molar refractivity (Wildman–Crippen MR) is 108 cm³/mol. The van der Waals surface area contributed by atoms with Crippen LogP contribution in [0.2, 0.25) is 5.02 Å². The van der Waals surface area contributed by atoms with Crippen molar-refractivity contribution >= 4 is 38.9 Å². The average molecular weight is 495 g/mol. The van der Waals surface area contributed by atoms with Crippen molar-refractivity contribution in [2.75, 3.05) is 18.5 Å². The molecule has 0 saturated carbocycles. The monoisotopic (exact) mass is 494 g/mol. The zero-order chi connectivity index (χ0) is 24.3. The van der Waals surface area contributed by atoms with E-state index in [1.165, 1.54) is 24.3 Å². The number of halogens is 4. The number of amides is 2. The van der Waals surface area contributed by atoms with Gasteiger partial charge in [0.25, 0.3) is 11.8 Å². The van der Waals surface area contributed by atoms with Gasteiger partial charge in [-0.25, -0.2) is 8.42 Å². The number of aliphatic hydroxyl groups is 2. The first-order chi connectivity index (χ1) is 14.7. The van der Waals surface area contributed by atoms with E-state index < -0.39 is 33.4 Å². The number of hydrogen-bond donors (Lipinski definition) is 4. The molecule has 0 radical (unpaired) electrons. The minimum atomic E-state index is -5.24. The normalized spacial score (nSPS) is 13.8. The van der Waals surface area contributed by atoms with Crippen LogP contribution in [0.15, 0.2) is 52.3 Å². The molecule has 0 aliphatic heterocycles. The molecule has 8 nitrogen and oxygen atoms in total. The Kier molecular flexibility index (Phi) is 7.55. The summed E-state index contributed by atoms with van der Waals surface area (Å²) in [4.78, 5) is 23.1. The van der Waals surface area contributed by atoms with Crippen molar-refractivity contribution < 1.29 is 41.4 Å². The highest BCUT2D eigenvalue weighted by Crippen LogP contribution is 2.33. The summed E-state index contributed by atoms with van der Waals surface area (Å²) in [5, 5.41) is 22.0. The molecule has 2 rings (SSSR count). The van der Waals surface area contributed by atoms with Crippen LogP contribution in [0.25, 0.3) is 0 Å². The van der Waals surface area contributed by atoms with Crippen LogP contribution in [-0.4, -0.2) is 55.4 Å². The number of alkyl halides is 3. The Morgan fingerprint density at radius 2 is 1.62 bits per heavy atom. The van der Waals surface area contributed by atoms with Crippen LogP contribution in [0.5, 0.6) is 0 Å². The number of hydrogen-bond acceptors (Lipinski definition) is 6. The van der Waals surface area contributed by atoms with Gasteiger partial charge in [-0.15, -0.1) is 0 Å². The summed E-state index contributed by atoms with van der Waals surface area (Å²) in [6, 6.07) is 7.79. The lowest BCUT2D eigenvalue weighted by Gasteiger charge is -2.25. The lowest BCUT2D eigenvalue weighted by Crippen LogP contribution is -2.52. The van der Waals surface area contributed by atoms with Crippen molar-refractivity contribution in [2.45, 2.75) is 28.5 Å². The number of anilines is 1. The predicted octanol–water partition coefficient (Wildman–Crippen LogP) is 2.15. The molecule has 2 aromatic rings. The second-order valence-corrected chi connectivity index (χ2v) is 9.03. The van der Waals surface area contributed by atoms with Gasteiger partial charge in [0, 0.05) is 12.1 Å². The molecule has 0 heterocycles. The Bertz CT molecular complexity index is 1120. The van der Waals surface area contributed by atoms with Crippen molar-refractivity contribution in [3.63, 3.8) is 0 Å². The van der Waals surface area contributed by atoms with Gasteiger partial charge >= 0.3 is 6.18 Å². The molecule has 0 aliphatic rings. The standard InChI is InChI=1S/C19H18ClF3N2O6S/c1-18(29,19(21,22)23)17(28)25-15-7-6-13(10-14(15)20)32(30,31)12-4-2-11(3-5-12)16(27)24-8-9-26/h2-7,10,26,29H,8-9H2,1H3,(H,24,27)(H,25,28)/t18-/m1/s1. The molecule has 0 aliphatic carbocycles. The van der Waals surface area contributed by atoms with E-state index in [1.807, 2.05) is 5.32 Å². The maximum Gasteiger partial charge on any atom is 0.426 e. The van der Waals surface area contributed by atoms with E-state index in [0.29, 0.717) is 0 Å². The van der Waals surface area contributed by atoms with Gasteiger partial charge in [0.2, 0.25) is 15.4 Å². The van der Waals surface area contributed by atoms with Crippen molar-refractivity contribution in [1.29, 1.82) is 0 Å². The summed E-state index contributed by atoms with van der Waals surface area (Å²) in [6.07, 6.45) is -5.24. The van der Waals surface area contributed by atoms with Crippen molar-refractivity contribution in [1.82, 2.24) is 5.32 Å². The third-order valence-corrected chi connectivity index (χ3v) is 6.40. The molecule has 0 saturated heterocycles. The molecule has 32 heavy (non-hydrogen) atoms. The van der Waals surface area contributed by atoms with E-state index in [1.54, 1.807) is 0 Å². The fourth-order valence-electron chi connectivity index (χ4n) is 2.33. The molecule has 0 fully saturated rings. The Balaban J connectivity index is 2.26. The first-order valence-corrected chi connectivity index (χ1v) is 10.7. The summed E-state index contributed by atoms with van der Waals surface area (Å²) >= 11 is 5.93. The van der Waals surface area contributed by atoms with Crippen LogP contribution in [0.4, 0.5) is 18.9 Å². The highest BCUT2D eigenvalue weighted by molar-refractivity contribution is 7.91. The molecule has 0 unspecified atom stereocenters. The highest BCUT2D eigenvalue weighted by atomic mass is 35.5. The Morgan fingerprint density at radius 3 is 2.12 bits per heavy atom. The van der Waals surface area contributed by atoms with Crippen LogP contribution in [-0.2, 0) is 14.6 Å². The van der Waals surface area contributed by atoms with Crippen molar-refractivity contribution in [2.24, 2.45) is 0 Å². The quantitative estimate of drug-likeness (QED) is 0.466. The van der Waals surface area contributed by atoms with E-state index in [-0.39, 0.29) is 46.1 Å². The molecule has 174 valence electrons. The first-order valence-electron chi connectivity index (χ1n) is 8.86. The molecule has 13 heteroatoms. The van der Waals surface area contributed by atoms with Crippen LogP contribution in [0.3, 0.4) is 0 Å². The minimum Gasteiger partial charge on any atom is -0.395 e. The number of rotatable bonds is 7. The van der Waals surface area contributed by atoms with E-state index in [9.17, 15) is 36.3 Å². The number of carbonyl (C=O) groups is 2. The molecule has 0 aromatic heterocycles. The zero-order valence-electron chi connectivity index (χ0n) is 16.4. The fourth-order valence-corrected chi connectivity index (χ4v) is 3.91. The van der Waals surface area contributed by atoms with Crippen LogP contribution < -0.4 is 10.6 Å². The van der Waals surface area contributed by atoms with E-state index in [2.05, 4.69) is 5.32 Å². The molecule has 4 N–H and O–H groups in total. The Labute approximate surface area is 185 Å². The molecule has 0 spiro atoms. The van der Waals surface area contributed by atoms with Gasteiger partial charge in [0.05, 0.1) is 27.1 Å². The minimum absolute atomic E-state index is 0.0265. The maximum absolute atomic E-state index is 12.8. The Hall–Kier alpha value is -2.67. The average Bonchev–Trinajstić information content (AvgIpc) is 2.72. The zero-order valence-corrected chi connectivity index (χ0v) is 18.0. The number of nitrogens with one attached hydrogen (secondary N) is 2. The first kappa shape index (κ1) is 25.6. The van der Waals surface area contributed by atoms with E-state index in [0.717, 1.165) is 18.2 Å². The fraction of sp³-hybridized carbons (Fsp3) is 0.263. The van der Waals surface area contributed by atoms with Gasteiger partial charge < -0.3 is 20.8 Å². The summed E-state index contributed by atoms with van der Waals surface area (Å²) in [5.41, 5.74) is -3.87. The highest BCUT2D eigenvalue weighted by Gasteiger charge is 2.55. The molecule has 2 amide bonds. The molecule has 1 atom stereocenters. The summed E-state index contributed by atoms with van der Waals surface area (Å²) in [6.45, 7) is 0.0324. The molecule has 0 bridgehead atoms. The van der Waals surface area contributed by atoms with Gasteiger partial charge in [-0.05, 0) is 49.4 Å². The number of aliphatic hydroxyl groups excluding tert-OH is 1. The maximum atomic E-state index is 12.8. The van der Waals surface area contributed by atoms with Gasteiger partial charge in [-0.2, -0.15) is 13.2 Å². The SMILES string of the molecule is C[C@@](O)(C(=O)Nc1ccc(S(=O)(=O)c2ccc(C(=O)NCCO)cc2)cc1Cl)C(F)(F)F. The van der Waals surface area contributed by atoms with Gasteiger partial charge in [0.1, 0.15) is 0 Å². The van der Waals surface area contributed by atoms with Crippen LogP contribution >= 0.6 is 11.6 Å². The lowest BCUT2D eigenvalue weighted by molar-refractivity contribution is -0.242. The van der Waals surface area contributed by atoms with Crippen LogP contribution in [0.1, 0.15) is 17.3 Å². The number of benzene rings is 2. The van der Waals surface area contributed by atoms with E-state index in [4.69, 9.17) is 16.7 Å². The van der Waals surface area contributed by atoms with Crippen LogP contribution in [0, 0.1) is 0 Å². The van der Waals surface area contributed by atoms with Gasteiger partial charge in [0.15, 0.2) is 0 Å². The second kappa shape index (κ2) is 9.45. The number of carbonyl (C=O) groups excluding carboxylic acids is 2. The third-order valence-electron chi connectivity index (χ3n) is 4.32. The molecule has 2 aromatic carbocycles. The smallest absolute Gasteiger partial charge is 0.395 e. The molecular weight excluding hydrogens is 477 g/mol. The lowest BCUT2D eigenvalue weighted by atomic mass is 10.1. The Morgan fingerprint density at radius 1 is 1.06 bits per heavy atom. The second-order valence-electron chi connectivity index (χ2n) is 6.67.